The summed E-state index contributed by atoms with van der Waals surface area (Å²) < 4.78 is 5.87. The Labute approximate surface area is 101 Å². The van der Waals surface area contributed by atoms with Gasteiger partial charge in [-0.2, -0.15) is 0 Å². The van der Waals surface area contributed by atoms with Gasteiger partial charge in [0, 0.05) is 0 Å². The number of ether oxygens (including phenoxy) is 1. The SMILES string of the molecule is CC1(C)CCc2cc(C(O)CCl)ccc2O1. The lowest BCUT2D eigenvalue weighted by Crippen LogP contribution is -2.32. The monoisotopic (exact) mass is 240 g/mol. The lowest BCUT2D eigenvalue weighted by molar-refractivity contribution is 0.0844. The van der Waals surface area contributed by atoms with Crippen LogP contribution in [-0.4, -0.2) is 16.6 Å². The molecule has 1 aromatic carbocycles. The molecule has 0 aliphatic carbocycles. The van der Waals surface area contributed by atoms with E-state index in [9.17, 15) is 5.11 Å². The number of fused-ring (bicyclic) bond motifs is 1. The molecule has 0 spiro atoms. The van der Waals surface area contributed by atoms with Crippen molar-refractivity contribution in [3.63, 3.8) is 0 Å². The minimum absolute atomic E-state index is 0.0837. The first kappa shape index (κ1) is 11.7. The smallest absolute Gasteiger partial charge is 0.123 e. The summed E-state index contributed by atoms with van der Waals surface area (Å²) in [5, 5.41) is 9.66. The molecule has 3 heteroatoms. The first-order valence-electron chi connectivity index (χ1n) is 5.58. The van der Waals surface area contributed by atoms with Gasteiger partial charge < -0.3 is 9.84 Å². The zero-order valence-electron chi connectivity index (χ0n) is 9.66. The zero-order valence-corrected chi connectivity index (χ0v) is 10.4. The number of aryl methyl sites for hydroxylation is 1. The number of hydrogen-bond donors (Lipinski definition) is 1. The third-order valence-electron chi connectivity index (χ3n) is 3.00. The molecule has 1 unspecified atom stereocenters. The second-order valence-electron chi connectivity index (χ2n) is 4.90. The summed E-state index contributed by atoms with van der Waals surface area (Å²) in [5.41, 5.74) is 1.96. The van der Waals surface area contributed by atoms with Gasteiger partial charge in [0.2, 0.25) is 0 Å². The third-order valence-corrected chi connectivity index (χ3v) is 3.29. The number of alkyl halides is 1. The molecule has 1 heterocycles. The van der Waals surface area contributed by atoms with Gasteiger partial charge in [-0.1, -0.05) is 6.07 Å². The zero-order chi connectivity index (χ0) is 11.8. The number of hydrogen-bond acceptors (Lipinski definition) is 2. The van der Waals surface area contributed by atoms with Gasteiger partial charge in [-0.15, -0.1) is 11.6 Å². The molecular weight excluding hydrogens is 224 g/mol. The van der Waals surface area contributed by atoms with Gasteiger partial charge in [0.1, 0.15) is 11.4 Å². The molecule has 0 saturated carbocycles. The van der Waals surface area contributed by atoms with Gasteiger partial charge >= 0.3 is 0 Å². The summed E-state index contributed by atoms with van der Waals surface area (Å²) in [6.45, 7) is 4.19. The second kappa shape index (κ2) is 4.27. The maximum absolute atomic E-state index is 9.66. The summed E-state index contributed by atoms with van der Waals surface area (Å²) in [5.74, 6) is 1.16. The average molecular weight is 241 g/mol. The van der Waals surface area contributed by atoms with E-state index >= 15 is 0 Å². The summed E-state index contributed by atoms with van der Waals surface area (Å²) in [6, 6.07) is 5.81. The standard InChI is InChI=1S/C13H17ClO2/c1-13(2)6-5-10-7-9(11(15)8-14)3-4-12(10)16-13/h3-4,7,11,15H,5-6,8H2,1-2H3. The van der Waals surface area contributed by atoms with Crippen molar-refractivity contribution in [2.45, 2.75) is 38.4 Å². The predicted molar refractivity (Wildman–Crippen MR) is 65.1 cm³/mol. The van der Waals surface area contributed by atoms with Crippen LogP contribution in [0.5, 0.6) is 5.75 Å². The van der Waals surface area contributed by atoms with Crippen molar-refractivity contribution in [2.75, 3.05) is 5.88 Å². The quantitative estimate of drug-likeness (QED) is 0.806. The van der Waals surface area contributed by atoms with Gasteiger partial charge in [0.05, 0.1) is 12.0 Å². The largest absolute Gasteiger partial charge is 0.488 e. The minimum atomic E-state index is -0.582. The fourth-order valence-electron chi connectivity index (χ4n) is 1.98. The molecule has 88 valence electrons. The van der Waals surface area contributed by atoms with Crippen LogP contribution < -0.4 is 4.74 Å². The van der Waals surface area contributed by atoms with Crippen molar-refractivity contribution < 1.29 is 9.84 Å². The van der Waals surface area contributed by atoms with Crippen LogP contribution in [0.2, 0.25) is 0 Å². The molecule has 1 atom stereocenters. The normalized spacial score (nSPS) is 19.8. The van der Waals surface area contributed by atoms with Crippen molar-refractivity contribution in [1.82, 2.24) is 0 Å². The molecule has 0 amide bonds. The van der Waals surface area contributed by atoms with Crippen LogP contribution in [0.1, 0.15) is 37.5 Å². The van der Waals surface area contributed by atoms with Crippen LogP contribution in [0.15, 0.2) is 18.2 Å². The highest BCUT2D eigenvalue weighted by atomic mass is 35.5. The Morgan fingerprint density at radius 1 is 1.50 bits per heavy atom. The molecule has 0 aromatic heterocycles. The molecule has 0 saturated heterocycles. The molecule has 1 aromatic rings. The average Bonchev–Trinajstić information content (AvgIpc) is 2.26. The van der Waals surface area contributed by atoms with Crippen molar-refractivity contribution in [3.8, 4) is 5.75 Å². The Balaban J connectivity index is 2.28. The van der Waals surface area contributed by atoms with Crippen molar-refractivity contribution >= 4 is 11.6 Å². The lowest BCUT2D eigenvalue weighted by Gasteiger charge is -2.32. The molecule has 0 radical (unpaired) electrons. The maximum atomic E-state index is 9.66. The molecule has 2 nitrogen and oxygen atoms in total. The van der Waals surface area contributed by atoms with E-state index in [1.54, 1.807) is 0 Å². The molecule has 2 rings (SSSR count). The van der Waals surface area contributed by atoms with Crippen LogP contribution in [0.4, 0.5) is 0 Å². The van der Waals surface area contributed by atoms with Gasteiger partial charge in [0.15, 0.2) is 0 Å². The molecule has 1 aliphatic rings. The third kappa shape index (κ3) is 2.33. The van der Waals surface area contributed by atoms with Gasteiger partial charge in [-0.05, 0) is 49.9 Å². The van der Waals surface area contributed by atoms with Crippen LogP contribution >= 0.6 is 11.6 Å². The number of aliphatic hydroxyl groups excluding tert-OH is 1. The summed E-state index contributed by atoms with van der Waals surface area (Å²) >= 11 is 5.63. The van der Waals surface area contributed by atoms with E-state index in [0.29, 0.717) is 0 Å². The van der Waals surface area contributed by atoms with Crippen molar-refractivity contribution in [2.24, 2.45) is 0 Å². The fourth-order valence-corrected chi connectivity index (χ4v) is 2.15. The lowest BCUT2D eigenvalue weighted by atomic mass is 9.93. The maximum Gasteiger partial charge on any atom is 0.123 e. The van der Waals surface area contributed by atoms with Crippen LogP contribution in [0.3, 0.4) is 0 Å². The summed E-state index contributed by atoms with van der Waals surface area (Å²) in [7, 11) is 0. The van der Waals surface area contributed by atoms with E-state index in [2.05, 4.69) is 13.8 Å². The van der Waals surface area contributed by atoms with E-state index < -0.39 is 6.10 Å². The van der Waals surface area contributed by atoms with Gasteiger partial charge in [0.25, 0.3) is 0 Å². The second-order valence-corrected chi connectivity index (χ2v) is 5.21. The molecule has 0 bridgehead atoms. The Morgan fingerprint density at radius 2 is 2.25 bits per heavy atom. The van der Waals surface area contributed by atoms with Crippen LogP contribution in [0, 0.1) is 0 Å². The van der Waals surface area contributed by atoms with Crippen molar-refractivity contribution in [3.05, 3.63) is 29.3 Å². The number of aliphatic hydroxyl groups is 1. The van der Waals surface area contributed by atoms with Crippen LogP contribution in [-0.2, 0) is 6.42 Å². The minimum Gasteiger partial charge on any atom is -0.488 e. The Kier molecular flexibility index (Phi) is 3.13. The topological polar surface area (TPSA) is 29.5 Å². The predicted octanol–water partition coefficient (Wildman–Crippen LogP) is 3.06. The van der Waals surface area contributed by atoms with E-state index in [4.69, 9.17) is 16.3 Å². The summed E-state index contributed by atoms with van der Waals surface area (Å²) in [6.07, 6.45) is 1.41. The first-order valence-corrected chi connectivity index (χ1v) is 6.11. The molecule has 0 fully saturated rings. The number of benzene rings is 1. The number of halogens is 1. The highest BCUT2D eigenvalue weighted by molar-refractivity contribution is 6.18. The van der Waals surface area contributed by atoms with Gasteiger partial charge in [-0.3, -0.25) is 0 Å². The van der Waals surface area contributed by atoms with E-state index in [0.717, 1.165) is 24.2 Å². The van der Waals surface area contributed by atoms with E-state index in [-0.39, 0.29) is 11.5 Å². The molecule has 16 heavy (non-hydrogen) atoms. The Morgan fingerprint density at radius 3 is 2.94 bits per heavy atom. The van der Waals surface area contributed by atoms with Gasteiger partial charge in [-0.25, -0.2) is 0 Å². The summed E-state index contributed by atoms with van der Waals surface area (Å²) in [4.78, 5) is 0. The molecule has 1 aliphatic heterocycles. The van der Waals surface area contributed by atoms with E-state index in [1.165, 1.54) is 5.56 Å². The highest BCUT2D eigenvalue weighted by Crippen LogP contribution is 2.34. The highest BCUT2D eigenvalue weighted by Gasteiger charge is 2.26. The molecular formula is C13H17ClO2. The number of rotatable bonds is 2. The molecule has 1 N–H and O–H groups in total. The van der Waals surface area contributed by atoms with E-state index in [1.807, 2.05) is 18.2 Å². The van der Waals surface area contributed by atoms with Crippen LogP contribution in [0.25, 0.3) is 0 Å². The fraction of sp³-hybridized carbons (Fsp3) is 0.538. The Bertz CT molecular complexity index is 388. The Hall–Kier alpha value is -0.730. The van der Waals surface area contributed by atoms with Crippen molar-refractivity contribution in [1.29, 1.82) is 0 Å². The first-order chi connectivity index (χ1) is 7.52.